The van der Waals surface area contributed by atoms with Crippen molar-refractivity contribution in [3.05, 3.63) is 23.9 Å². The molecule has 0 aromatic carbocycles. The molecule has 0 fully saturated rings. The quantitative estimate of drug-likeness (QED) is 0.773. The van der Waals surface area contributed by atoms with E-state index in [4.69, 9.17) is 5.11 Å². The van der Waals surface area contributed by atoms with E-state index in [1.54, 1.807) is 30.3 Å². The highest BCUT2D eigenvalue weighted by atomic mass is 16.3. The van der Waals surface area contributed by atoms with E-state index in [0.29, 0.717) is 24.5 Å². The molecule has 1 amide bonds. The molecule has 0 aliphatic carbocycles. The molecule has 1 aromatic heterocycles. The molecular formula is C12H19N3O2. The van der Waals surface area contributed by atoms with Crippen LogP contribution in [0.25, 0.3) is 0 Å². The Hall–Kier alpha value is -1.62. The summed E-state index contributed by atoms with van der Waals surface area (Å²) in [6.45, 7) is 3.00. The van der Waals surface area contributed by atoms with Crippen LogP contribution in [0.5, 0.6) is 0 Å². The molecule has 0 saturated heterocycles. The molecule has 0 bridgehead atoms. The first-order chi connectivity index (χ1) is 8.22. The van der Waals surface area contributed by atoms with Crippen molar-refractivity contribution in [2.45, 2.75) is 13.3 Å². The van der Waals surface area contributed by atoms with Crippen LogP contribution in [0.3, 0.4) is 0 Å². The van der Waals surface area contributed by atoms with Crippen LogP contribution in [0, 0.1) is 0 Å². The number of hydrogen-bond donors (Lipinski definition) is 2. The third-order valence-electron chi connectivity index (χ3n) is 2.41. The van der Waals surface area contributed by atoms with Gasteiger partial charge in [0, 0.05) is 31.9 Å². The van der Waals surface area contributed by atoms with Crippen molar-refractivity contribution in [3.63, 3.8) is 0 Å². The molecule has 5 heteroatoms. The molecular weight excluding hydrogens is 218 g/mol. The van der Waals surface area contributed by atoms with Crippen molar-refractivity contribution in [2.75, 3.05) is 32.1 Å². The predicted octanol–water partition coefficient (Wildman–Crippen LogP) is 0.968. The Morgan fingerprint density at radius 3 is 2.88 bits per heavy atom. The van der Waals surface area contributed by atoms with Crippen molar-refractivity contribution in [3.8, 4) is 0 Å². The average Bonchev–Trinajstić information content (AvgIpc) is 2.38. The molecule has 0 atom stereocenters. The fourth-order valence-electron chi connectivity index (χ4n) is 1.59. The SMILES string of the molecule is CCCN(CCO)C(=O)c1ccnc(NC)c1. The summed E-state index contributed by atoms with van der Waals surface area (Å²) in [6.07, 6.45) is 2.47. The fourth-order valence-corrected chi connectivity index (χ4v) is 1.59. The first-order valence-corrected chi connectivity index (χ1v) is 5.76. The Bertz CT molecular complexity index is 363. The number of aliphatic hydroxyl groups is 1. The second-order valence-corrected chi connectivity index (χ2v) is 3.70. The zero-order chi connectivity index (χ0) is 12.7. The number of nitrogens with one attached hydrogen (secondary N) is 1. The van der Waals surface area contributed by atoms with Crippen molar-refractivity contribution < 1.29 is 9.90 Å². The topological polar surface area (TPSA) is 65.5 Å². The molecule has 0 aliphatic rings. The maximum Gasteiger partial charge on any atom is 0.254 e. The Labute approximate surface area is 101 Å². The van der Waals surface area contributed by atoms with Gasteiger partial charge in [-0.25, -0.2) is 4.98 Å². The normalized spacial score (nSPS) is 10.1. The fraction of sp³-hybridized carbons (Fsp3) is 0.500. The standard InChI is InChI=1S/C12H19N3O2/c1-3-6-15(7-8-16)12(17)10-4-5-14-11(9-10)13-2/h4-5,9,16H,3,6-8H2,1-2H3,(H,13,14). The number of carbonyl (C=O) groups is 1. The number of nitrogens with zero attached hydrogens (tertiary/aromatic N) is 2. The number of aromatic nitrogens is 1. The highest BCUT2D eigenvalue weighted by Gasteiger charge is 2.14. The van der Waals surface area contributed by atoms with Crippen LogP contribution in [0.15, 0.2) is 18.3 Å². The molecule has 1 aromatic rings. The summed E-state index contributed by atoms with van der Waals surface area (Å²) in [7, 11) is 1.76. The van der Waals surface area contributed by atoms with Gasteiger partial charge < -0.3 is 15.3 Å². The monoisotopic (exact) mass is 237 g/mol. The van der Waals surface area contributed by atoms with Gasteiger partial charge in [0.2, 0.25) is 0 Å². The van der Waals surface area contributed by atoms with Crippen LogP contribution in [-0.2, 0) is 0 Å². The molecule has 94 valence electrons. The van der Waals surface area contributed by atoms with Gasteiger partial charge in [-0.3, -0.25) is 4.79 Å². The van der Waals surface area contributed by atoms with E-state index >= 15 is 0 Å². The predicted molar refractivity (Wildman–Crippen MR) is 67.1 cm³/mol. The summed E-state index contributed by atoms with van der Waals surface area (Å²) < 4.78 is 0. The van der Waals surface area contributed by atoms with E-state index in [1.165, 1.54) is 0 Å². The van der Waals surface area contributed by atoms with Gasteiger partial charge in [-0.2, -0.15) is 0 Å². The number of hydrogen-bond acceptors (Lipinski definition) is 4. The van der Waals surface area contributed by atoms with Gasteiger partial charge in [-0.05, 0) is 18.6 Å². The zero-order valence-corrected chi connectivity index (χ0v) is 10.3. The summed E-state index contributed by atoms with van der Waals surface area (Å²) in [5, 5.41) is 11.8. The minimum Gasteiger partial charge on any atom is -0.395 e. The van der Waals surface area contributed by atoms with E-state index in [9.17, 15) is 4.79 Å². The largest absolute Gasteiger partial charge is 0.395 e. The Morgan fingerprint density at radius 2 is 2.29 bits per heavy atom. The van der Waals surface area contributed by atoms with Gasteiger partial charge in [-0.15, -0.1) is 0 Å². The third kappa shape index (κ3) is 3.71. The number of aliphatic hydroxyl groups excluding tert-OH is 1. The maximum absolute atomic E-state index is 12.2. The molecule has 0 radical (unpaired) electrons. The van der Waals surface area contributed by atoms with Crippen LogP contribution in [0.2, 0.25) is 0 Å². The molecule has 1 rings (SSSR count). The highest BCUT2D eigenvalue weighted by molar-refractivity contribution is 5.94. The van der Waals surface area contributed by atoms with Gasteiger partial charge in [0.1, 0.15) is 5.82 Å². The van der Waals surface area contributed by atoms with E-state index in [0.717, 1.165) is 6.42 Å². The minimum atomic E-state index is -0.0696. The van der Waals surface area contributed by atoms with Crippen LogP contribution in [0.1, 0.15) is 23.7 Å². The van der Waals surface area contributed by atoms with Crippen LogP contribution in [-0.4, -0.2) is 47.6 Å². The Kier molecular flexibility index (Phi) is 5.42. The van der Waals surface area contributed by atoms with Crippen molar-refractivity contribution in [1.82, 2.24) is 9.88 Å². The maximum atomic E-state index is 12.2. The van der Waals surface area contributed by atoms with Gasteiger partial charge >= 0.3 is 0 Å². The number of rotatable bonds is 6. The summed E-state index contributed by atoms with van der Waals surface area (Å²) in [4.78, 5) is 17.9. The third-order valence-corrected chi connectivity index (χ3v) is 2.41. The van der Waals surface area contributed by atoms with Crippen molar-refractivity contribution in [2.24, 2.45) is 0 Å². The number of pyridine rings is 1. The van der Waals surface area contributed by atoms with Gasteiger partial charge in [0.25, 0.3) is 5.91 Å². The van der Waals surface area contributed by atoms with Crippen LogP contribution < -0.4 is 5.32 Å². The molecule has 0 spiro atoms. The minimum absolute atomic E-state index is 0.0181. The lowest BCUT2D eigenvalue weighted by Crippen LogP contribution is -2.34. The Balaban J connectivity index is 2.84. The van der Waals surface area contributed by atoms with E-state index in [1.807, 2.05) is 6.92 Å². The molecule has 2 N–H and O–H groups in total. The molecule has 0 unspecified atom stereocenters. The molecule has 0 aliphatic heterocycles. The summed E-state index contributed by atoms with van der Waals surface area (Å²) in [6, 6.07) is 3.39. The molecule has 0 saturated carbocycles. The summed E-state index contributed by atoms with van der Waals surface area (Å²) in [5.41, 5.74) is 0.589. The smallest absolute Gasteiger partial charge is 0.254 e. The molecule has 1 heterocycles. The molecule has 17 heavy (non-hydrogen) atoms. The van der Waals surface area contributed by atoms with Crippen LogP contribution in [0.4, 0.5) is 5.82 Å². The zero-order valence-electron chi connectivity index (χ0n) is 10.3. The number of anilines is 1. The van der Waals surface area contributed by atoms with Gasteiger partial charge in [0.15, 0.2) is 0 Å². The lowest BCUT2D eigenvalue weighted by Gasteiger charge is -2.21. The lowest BCUT2D eigenvalue weighted by molar-refractivity contribution is 0.0722. The first kappa shape index (κ1) is 13.4. The summed E-state index contributed by atoms with van der Waals surface area (Å²) in [5.74, 6) is 0.594. The first-order valence-electron chi connectivity index (χ1n) is 5.76. The van der Waals surface area contributed by atoms with Crippen molar-refractivity contribution >= 4 is 11.7 Å². The number of carbonyl (C=O) groups excluding carboxylic acids is 1. The lowest BCUT2D eigenvalue weighted by atomic mass is 10.2. The van der Waals surface area contributed by atoms with Gasteiger partial charge in [0.05, 0.1) is 6.61 Å². The van der Waals surface area contributed by atoms with Crippen LogP contribution >= 0.6 is 0 Å². The summed E-state index contributed by atoms with van der Waals surface area (Å²) >= 11 is 0. The van der Waals surface area contributed by atoms with E-state index in [-0.39, 0.29) is 12.5 Å². The van der Waals surface area contributed by atoms with Crippen molar-refractivity contribution in [1.29, 1.82) is 0 Å². The highest BCUT2D eigenvalue weighted by Crippen LogP contribution is 2.09. The van der Waals surface area contributed by atoms with E-state index in [2.05, 4.69) is 10.3 Å². The second kappa shape index (κ2) is 6.85. The second-order valence-electron chi connectivity index (χ2n) is 3.70. The van der Waals surface area contributed by atoms with Gasteiger partial charge in [-0.1, -0.05) is 6.92 Å². The number of amides is 1. The Morgan fingerprint density at radius 1 is 1.53 bits per heavy atom. The van der Waals surface area contributed by atoms with E-state index < -0.39 is 0 Å². The average molecular weight is 237 g/mol. The molecule has 5 nitrogen and oxygen atoms in total.